The van der Waals surface area contributed by atoms with Crippen molar-refractivity contribution in [3.8, 4) is 5.75 Å². The van der Waals surface area contributed by atoms with Crippen LogP contribution in [0.2, 0.25) is 0 Å². The Morgan fingerprint density at radius 1 is 1.15 bits per heavy atom. The number of benzene rings is 2. The summed E-state index contributed by atoms with van der Waals surface area (Å²) < 4.78 is 6.42. The number of halogens is 1. The predicted octanol–water partition coefficient (Wildman–Crippen LogP) is 2.66. The van der Waals surface area contributed by atoms with E-state index in [4.69, 9.17) is 4.74 Å². The van der Waals surface area contributed by atoms with Crippen molar-refractivity contribution in [3.63, 3.8) is 0 Å². The fourth-order valence-electron chi connectivity index (χ4n) is 2.82. The van der Waals surface area contributed by atoms with E-state index in [0.29, 0.717) is 11.3 Å². The van der Waals surface area contributed by atoms with Crippen molar-refractivity contribution in [1.29, 1.82) is 0 Å². The lowest BCUT2D eigenvalue weighted by molar-refractivity contribution is -0.132. The normalized spacial score (nSPS) is 20.8. The van der Waals surface area contributed by atoms with Gasteiger partial charge in [0, 0.05) is 4.47 Å². The molecule has 3 amide bonds. The highest BCUT2D eigenvalue weighted by molar-refractivity contribution is 9.10. The number of β-amino-alcohol motifs (C(OH)–C–C–N with tert-alkyl or cyclic N) is 1. The van der Waals surface area contributed by atoms with Crippen LogP contribution in [0.15, 0.2) is 59.1 Å². The van der Waals surface area contributed by atoms with E-state index in [-0.39, 0.29) is 13.2 Å². The topological polar surface area (TPSA) is 78.9 Å². The van der Waals surface area contributed by atoms with Crippen LogP contribution in [0.25, 0.3) is 0 Å². The van der Waals surface area contributed by atoms with Crippen LogP contribution in [0.1, 0.15) is 12.5 Å². The zero-order valence-corrected chi connectivity index (χ0v) is 15.8. The van der Waals surface area contributed by atoms with E-state index in [1.807, 2.05) is 30.3 Å². The minimum Gasteiger partial charge on any atom is -0.491 e. The molecule has 26 heavy (non-hydrogen) atoms. The molecule has 2 aromatic rings. The van der Waals surface area contributed by atoms with E-state index >= 15 is 0 Å². The average molecular weight is 419 g/mol. The molecule has 1 aliphatic rings. The highest BCUT2D eigenvalue weighted by Crippen LogP contribution is 2.28. The van der Waals surface area contributed by atoms with Crippen molar-refractivity contribution in [1.82, 2.24) is 10.2 Å². The Balaban J connectivity index is 1.63. The third-order valence-electron chi connectivity index (χ3n) is 4.28. The molecule has 1 saturated heterocycles. The van der Waals surface area contributed by atoms with Gasteiger partial charge in [0.2, 0.25) is 0 Å². The molecule has 0 saturated carbocycles. The first-order valence-corrected chi connectivity index (χ1v) is 8.95. The summed E-state index contributed by atoms with van der Waals surface area (Å²) >= 11 is 3.33. The largest absolute Gasteiger partial charge is 0.491 e. The number of carbonyl (C=O) groups excluding carboxylic acids is 2. The molecular formula is C19H19BrN2O4. The van der Waals surface area contributed by atoms with Crippen molar-refractivity contribution in [2.45, 2.75) is 18.6 Å². The molecule has 0 aliphatic carbocycles. The summed E-state index contributed by atoms with van der Waals surface area (Å²) in [6.45, 7) is 1.50. The van der Waals surface area contributed by atoms with Gasteiger partial charge >= 0.3 is 6.03 Å². The zero-order valence-electron chi connectivity index (χ0n) is 14.2. The fourth-order valence-corrected chi connectivity index (χ4v) is 3.08. The Morgan fingerprint density at radius 3 is 2.46 bits per heavy atom. The Morgan fingerprint density at radius 2 is 1.81 bits per heavy atom. The molecule has 1 fully saturated rings. The van der Waals surface area contributed by atoms with E-state index in [9.17, 15) is 14.7 Å². The van der Waals surface area contributed by atoms with Gasteiger partial charge in [-0.3, -0.25) is 9.69 Å². The van der Waals surface area contributed by atoms with Gasteiger partial charge in [-0.25, -0.2) is 4.79 Å². The molecule has 1 aliphatic heterocycles. The van der Waals surface area contributed by atoms with Crippen LogP contribution in [0.4, 0.5) is 4.79 Å². The van der Waals surface area contributed by atoms with Crippen LogP contribution < -0.4 is 10.1 Å². The van der Waals surface area contributed by atoms with Crippen LogP contribution in [-0.2, 0) is 10.3 Å². The second kappa shape index (κ2) is 7.47. The molecule has 2 atom stereocenters. The van der Waals surface area contributed by atoms with Crippen molar-refractivity contribution < 1.29 is 19.4 Å². The summed E-state index contributed by atoms with van der Waals surface area (Å²) in [4.78, 5) is 26.1. The first-order valence-electron chi connectivity index (χ1n) is 8.16. The molecule has 7 heteroatoms. The zero-order chi connectivity index (χ0) is 18.7. The van der Waals surface area contributed by atoms with Crippen LogP contribution >= 0.6 is 15.9 Å². The van der Waals surface area contributed by atoms with Gasteiger partial charge in [0.05, 0.1) is 6.54 Å². The van der Waals surface area contributed by atoms with E-state index < -0.39 is 23.6 Å². The van der Waals surface area contributed by atoms with Crippen molar-refractivity contribution >= 4 is 27.9 Å². The van der Waals surface area contributed by atoms with Gasteiger partial charge in [0.25, 0.3) is 5.91 Å². The molecule has 0 bridgehead atoms. The second-order valence-corrected chi connectivity index (χ2v) is 7.17. The van der Waals surface area contributed by atoms with Crippen molar-refractivity contribution in [2.24, 2.45) is 0 Å². The molecule has 0 aromatic heterocycles. The number of urea groups is 1. The monoisotopic (exact) mass is 418 g/mol. The Kier molecular flexibility index (Phi) is 5.29. The lowest BCUT2D eigenvalue weighted by Crippen LogP contribution is -2.42. The minimum atomic E-state index is -1.13. The van der Waals surface area contributed by atoms with Crippen LogP contribution in [0.5, 0.6) is 5.75 Å². The molecule has 1 heterocycles. The van der Waals surface area contributed by atoms with E-state index in [0.717, 1.165) is 9.37 Å². The molecule has 2 unspecified atom stereocenters. The number of imide groups is 1. The van der Waals surface area contributed by atoms with Gasteiger partial charge < -0.3 is 15.2 Å². The molecule has 136 valence electrons. The van der Waals surface area contributed by atoms with Gasteiger partial charge in [0.15, 0.2) is 0 Å². The van der Waals surface area contributed by atoms with E-state index in [2.05, 4.69) is 21.2 Å². The molecule has 3 rings (SSSR count). The third kappa shape index (κ3) is 3.73. The van der Waals surface area contributed by atoms with Gasteiger partial charge in [-0.05, 0) is 36.8 Å². The second-order valence-electron chi connectivity index (χ2n) is 6.26. The smallest absolute Gasteiger partial charge is 0.325 e. The number of rotatable bonds is 6. The number of nitrogens with zero attached hydrogens (tertiary/aromatic N) is 1. The Hall–Kier alpha value is -2.38. The van der Waals surface area contributed by atoms with Gasteiger partial charge in [0.1, 0.15) is 24.0 Å². The number of amides is 3. The average Bonchev–Trinajstić information content (AvgIpc) is 2.86. The quantitative estimate of drug-likeness (QED) is 0.706. The molecule has 0 spiro atoms. The van der Waals surface area contributed by atoms with Crippen LogP contribution in [0, 0.1) is 0 Å². The summed E-state index contributed by atoms with van der Waals surface area (Å²) in [7, 11) is 0. The number of hydrogen-bond donors (Lipinski definition) is 2. The molecule has 0 radical (unpaired) electrons. The number of aliphatic hydroxyl groups excluding tert-OH is 1. The lowest BCUT2D eigenvalue weighted by Gasteiger charge is -2.23. The summed E-state index contributed by atoms with van der Waals surface area (Å²) in [5.74, 6) is 0.204. The summed E-state index contributed by atoms with van der Waals surface area (Å²) in [5.41, 5.74) is -0.439. The first kappa shape index (κ1) is 18.4. The molecular weight excluding hydrogens is 400 g/mol. The Labute approximate surface area is 159 Å². The lowest BCUT2D eigenvalue weighted by atomic mass is 9.92. The number of ether oxygens (including phenoxy) is 1. The third-order valence-corrected chi connectivity index (χ3v) is 4.80. The maximum atomic E-state index is 12.8. The number of hydrogen-bond acceptors (Lipinski definition) is 4. The number of aliphatic hydroxyl groups is 1. The predicted molar refractivity (Wildman–Crippen MR) is 99.7 cm³/mol. The summed E-state index contributed by atoms with van der Waals surface area (Å²) in [6.07, 6.45) is -0.994. The Bertz CT molecular complexity index is 797. The highest BCUT2D eigenvalue weighted by Gasteiger charge is 2.49. The molecule has 6 nitrogen and oxygen atoms in total. The highest BCUT2D eigenvalue weighted by atomic mass is 79.9. The maximum Gasteiger partial charge on any atom is 0.325 e. The molecule has 2 N–H and O–H groups in total. The van der Waals surface area contributed by atoms with Gasteiger partial charge in [-0.2, -0.15) is 0 Å². The maximum absolute atomic E-state index is 12.8. The number of carbonyl (C=O) groups is 2. The van der Waals surface area contributed by atoms with Crippen LogP contribution in [-0.4, -0.2) is 41.2 Å². The number of nitrogens with one attached hydrogen (secondary N) is 1. The first-order chi connectivity index (χ1) is 12.4. The van der Waals surface area contributed by atoms with E-state index in [1.54, 1.807) is 31.2 Å². The summed E-state index contributed by atoms with van der Waals surface area (Å²) in [6, 6.07) is 15.7. The van der Waals surface area contributed by atoms with Crippen LogP contribution in [0.3, 0.4) is 0 Å². The minimum absolute atomic E-state index is 0.0270. The van der Waals surface area contributed by atoms with Gasteiger partial charge in [-0.15, -0.1) is 0 Å². The summed E-state index contributed by atoms with van der Waals surface area (Å²) in [5, 5.41) is 12.9. The van der Waals surface area contributed by atoms with Crippen molar-refractivity contribution in [3.05, 3.63) is 64.6 Å². The SMILES string of the molecule is CC1(c2ccccc2)NC(=O)N(CC(O)COc2ccc(Br)cc2)C1=O. The fraction of sp³-hybridized carbons (Fsp3) is 0.263. The standard InChI is InChI=1S/C19H19BrN2O4/c1-19(13-5-3-2-4-6-13)17(24)22(18(25)21-19)11-15(23)12-26-16-9-7-14(20)8-10-16/h2-10,15,23H,11-12H2,1H3,(H,21,25). The van der Waals surface area contributed by atoms with Gasteiger partial charge in [-0.1, -0.05) is 46.3 Å². The van der Waals surface area contributed by atoms with Crippen molar-refractivity contribution in [2.75, 3.05) is 13.2 Å². The van der Waals surface area contributed by atoms with E-state index in [1.165, 1.54) is 0 Å². The molecule has 2 aromatic carbocycles.